The van der Waals surface area contributed by atoms with E-state index in [2.05, 4.69) is 15.6 Å². The van der Waals surface area contributed by atoms with Crippen LogP contribution >= 0.6 is 23.4 Å². The van der Waals surface area contributed by atoms with Crippen molar-refractivity contribution in [3.05, 3.63) is 92.8 Å². The highest BCUT2D eigenvalue weighted by Gasteiger charge is 2.24. The average Bonchev–Trinajstić information content (AvgIpc) is 3.16. The Bertz CT molecular complexity index is 1370. The number of ether oxygens (including phenoxy) is 1. The molecule has 35 heavy (non-hydrogen) atoms. The second-order valence-corrected chi connectivity index (χ2v) is 9.59. The highest BCUT2D eigenvalue weighted by atomic mass is 35.5. The Morgan fingerprint density at radius 1 is 1.06 bits per heavy atom. The van der Waals surface area contributed by atoms with Crippen LogP contribution in [0.3, 0.4) is 0 Å². The van der Waals surface area contributed by atoms with E-state index in [1.807, 2.05) is 57.2 Å². The van der Waals surface area contributed by atoms with Crippen LogP contribution in [0.5, 0.6) is 5.75 Å². The number of carbonyl (C=O) groups is 2. The Morgan fingerprint density at radius 2 is 1.86 bits per heavy atom. The molecule has 1 aliphatic rings. The minimum atomic E-state index is -0.250. The number of amidine groups is 1. The summed E-state index contributed by atoms with van der Waals surface area (Å²) >= 11 is 7.32. The van der Waals surface area contributed by atoms with Gasteiger partial charge in [0.1, 0.15) is 5.75 Å². The van der Waals surface area contributed by atoms with Crippen molar-refractivity contribution in [1.82, 2.24) is 5.32 Å². The van der Waals surface area contributed by atoms with Crippen LogP contribution in [0, 0.1) is 20.8 Å². The van der Waals surface area contributed by atoms with Crippen molar-refractivity contribution in [1.29, 1.82) is 0 Å². The zero-order valence-electron chi connectivity index (χ0n) is 19.5. The third-order valence-corrected chi connectivity index (χ3v) is 6.51. The second-order valence-electron chi connectivity index (χ2n) is 8.12. The molecule has 2 amide bonds. The number of anilines is 1. The van der Waals surface area contributed by atoms with Gasteiger partial charge in [0.2, 0.25) is 0 Å². The number of thioether (sulfide) groups is 1. The van der Waals surface area contributed by atoms with Crippen molar-refractivity contribution < 1.29 is 14.3 Å². The Labute approximate surface area is 213 Å². The number of rotatable bonds is 6. The summed E-state index contributed by atoms with van der Waals surface area (Å²) in [5.41, 5.74) is 5.44. The van der Waals surface area contributed by atoms with Gasteiger partial charge in [0, 0.05) is 10.7 Å². The highest BCUT2D eigenvalue weighted by Crippen LogP contribution is 2.30. The number of amides is 2. The normalized spacial score (nSPS) is 15.4. The van der Waals surface area contributed by atoms with Crippen molar-refractivity contribution in [3.8, 4) is 5.75 Å². The lowest BCUT2D eigenvalue weighted by molar-refractivity contribution is -0.118. The van der Waals surface area contributed by atoms with E-state index in [1.165, 1.54) is 11.8 Å². The molecule has 3 aromatic carbocycles. The summed E-state index contributed by atoms with van der Waals surface area (Å²) in [5, 5.41) is 6.69. The van der Waals surface area contributed by atoms with Gasteiger partial charge < -0.3 is 15.4 Å². The van der Waals surface area contributed by atoms with Crippen LogP contribution in [-0.2, 0) is 9.59 Å². The van der Waals surface area contributed by atoms with Crippen molar-refractivity contribution in [3.63, 3.8) is 0 Å². The van der Waals surface area contributed by atoms with Crippen LogP contribution in [0.1, 0.15) is 22.3 Å². The van der Waals surface area contributed by atoms with Crippen LogP contribution in [0.25, 0.3) is 6.08 Å². The molecule has 8 heteroatoms. The number of hydrogen-bond donors (Lipinski definition) is 2. The fourth-order valence-corrected chi connectivity index (χ4v) is 4.30. The van der Waals surface area contributed by atoms with Crippen molar-refractivity contribution in [2.24, 2.45) is 4.99 Å². The van der Waals surface area contributed by atoms with E-state index in [0.29, 0.717) is 26.5 Å². The summed E-state index contributed by atoms with van der Waals surface area (Å²) in [6.45, 7) is 5.82. The molecular weight excluding hydrogens is 482 g/mol. The molecular formula is C27H24ClN3O3S. The molecule has 1 saturated heterocycles. The number of carbonyl (C=O) groups excluding carboxylic acids is 2. The Kier molecular flexibility index (Phi) is 7.58. The van der Waals surface area contributed by atoms with Gasteiger partial charge in [0.25, 0.3) is 11.8 Å². The fraction of sp³-hybridized carbons (Fsp3) is 0.148. The first kappa shape index (κ1) is 24.6. The fourth-order valence-electron chi connectivity index (χ4n) is 3.30. The van der Waals surface area contributed by atoms with Crippen LogP contribution < -0.4 is 15.4 Å². The molecule has 0 aromatic heterocycles. The van der Waals surface area contributed by atoms with Crippen molar-refractivity contribution >= 4 is 57.8 Å². The minimum absolute atomic E-state index is 0.127. The van der Waals surface area contributed by atoms with Crippen molar-refractivity contribution in [2.75, 3.05) is 11.9 Å². The van der Waals surface area contributed by atoms with Crippen LogP contribution in [0.15, 0.2) is 70.6 Å². The number of benzene rings is 3. The standard InChI is InChI=1S/C27H24ClN3O3S/c1-16-8-10-21(11-18(16)3)29-25(32)15-34-22-6-4-5-19(12-22)13-24-26(33)31-27(35-24)30-23-14-20(28)9-7-17(23)2/h4-14H,15H2,1-3H3,(H,29,32)(H,30,31,33)/b24-13-. The van der Waals surface area contributed by atoms with Gasteiger partial charge in [0.05, 0.1) is 10.6 Å². The quantitative estimate of drug-likeness (QED) is 0.392. The summed E-state index contributed by atoms with van der Waals surface area (Å²) in [6, 6.07) is 18.4. The lowest BCUT2D eigenvalue weighted by Crippen LogP contribution is -2.20. The molecule has 1 heterocycles. The summed E-state index contributed by atoms with van der Waals surface area (Å²) in [4.78, 5) is 29.8. The molecule has 0 unspecified atom stereocenters. The second kappa shape index (κ2) is 10.8. The maximum absolute atomic E-state index is 12.5. The van der Waals surface area contributed by atoms with E-state index in [1.54, 1.807) is 30.3 Å². The first-order valence-corrected chi connectivity index (χ1v) is 12.1. The summed E-state index contributed by atoms with van der Waals surface area (Å²) in [6.07, 6.45) is 1.76. The Balaban J connectivity index is 1.40. The topological polar surface area (TPSA) is 79.8 Å². The molecule has 178 valence electrons. The maximum Gasteiger partial charge on any atom is 0.264 e. The predicted molar refractivity (Wildman–Crippen MR) is 143 cm³/mol. The van der Waals surface area contributed by atoms with E-state index in [-0.39, 0.29) is 18.4 Å². The summed E-state index contributed by atoms with van der Waals surface area (Å²) in [5.74, 6) is 0.0499. The van der Waals surface area contributed by atoms with E-state index < -0.39 is 0 Å². The van der Waals surface area contributed by atoms with Gasteiger partial charge in [-0.15, -0.1) is 0 Å². The smallest absolute Gasteiger partial charge is 0.264 e. The average molecular weight is 506 g/mol. The van der Waals surface area contributed by atoms with Crippen LogP contribution in [-0.4, -0.2) is 23.6 Å². The van der Waals surface area contributed by atoms with E-state index in [9.17, 15) is 9.59 Å². The van der Waals surface area contributed by atoms with Crippen molar-refractivity contribution in [2.45, 2.75) is 20.8 Å². The zero-order chi connectivity index (χ0) is 24.9. The molecule has 2 N–H and O–H groups in total. The van der Waals surface area contributed by atoms with Gasteiger partial charge in [0.15, 0.2) is 11.8 Å². The SMILES string of the molecule is Cc1ccc(NC(=O)COc2cccc(/C=C3\SC(=Nc4cc(Cl)ccc4C)NC3=O)c2)cc1C. The number of hydrogen-bond acceptors (Lipinski definition) is 5. The minimum Gasteiger partial charge on any atom is -0.484 e. The Hall–Kier alpha value is -3.55. The largest absolute Gasteiger partial charge is 0.484 e. The van der Waals surface area contributed by atoms with Gasteiger partial charge >= 0.3 is 0 Å². The molecule has 1 aliphatic heterocycles. The van der Waals surface area contributed by atoms with Gasteiger partial charge in [-0.25, -0.2) is 4.99 Å². The molecule has 3 aromatic rings. The van der Waals surface area contributed by atoms with Gasteiger partial charge in [-0.2, -0.15) is 0 Å². The number of halogens is 1. The molecule has 0 radical (unpaired) electrons. The summed E-state index contributed by atoms with van der Waals surface area (Å²) in [7, 11) is 0. The van der Waals surface area contributed by atoms with E-state index in [0.717, 1.165) is 27.9 Å². The Morgan fingerprint density at radius 3 is 2.66 bits per heavy atom. The van der Waals surface area contributed by atoms with E-state index >= 15 is 0 Å². The lowest BCUT2D eigenvalue weighted by atomic mass is 10.1. The molecule has 0 bridgehead atoms. The van der Waals surface area contributed by atoms with E-state index in [4.69, 9.17) is 16.3 Å². The molecule has 0 aliphatic carbocycles. The molecule has 0 spiro atoms. The first-order chi connectivity index (χ1) is 16.8. The monoisotopic (exact) mass is 505 g/mol. The zero-order valence-corrected chi connectivity index (χ0v) is 21.1. The molecule has 6 nitrogen and oxygen atoms in total. The van der Waals surface area contributed by atoms with Crippen LogP contribution in [0.2, 0.25) is 5.02 Å². The third-order valence-electron chi connectivity index (χ3n) is 5.36. The third kappa shape index (κ3) is 6.53. The number of aryl methyl sites for hydroxylation is 3. The van der Waals surface area contributed by atoms with Gasteiger partial charge in [-0.05, 0) is 97.3 Å². The molecule has 0 saturated carbocycles. The summed E-state index contributed by atoms with van der Waals surface area (Å²) < 4.78 is 5.67. The predicted octanol–water partition coefficient (Wildman–Crippen LogP) is 6.17. The van der Waals surface area contributed by atoms with Gasteiger partial charge in [-0.3, -0.25) is 9.59 Å². The number of nitrogens with zero attached hydrogens (tertiary/aromatic N) is 1. The van der Waals surface area contributed by atoms with Crippen LogP contribution in [0.4, 0.5) is 11.4 Å². The number of nitrogens with one attached hydrogen (secondary N) is 2. The molecule has 0 atom stereocenters. The number of aliphatic imine (C=N–C) groups is 1. The lowest BCUT2D eigenvalue weighted by Gasteiger charge is -2.09. The first-order valence-electron chi connectivity index (χ1n) is 10.9. The maximum atomic E-state index is 12.5. The highest BCUT2D eigenvalue weighted by molar-refractivity contribution is 8.18. The molecule has 4 rings (SSSR count). The van der Waals surface area contributed by atoms with Gasteiger partial charge in [-0.1, -0.05) is 35.9 Å². The molecule has 1 fully saturated rings.